The molecule has 0 fully saturated rings. The van der Waals surface area contributed by atoms with Crippen LogP contribution in [-0.2, 0) is 4.74 Å². The summed E-state index contributed by atoms with van der Waals surface area (Å²) < 4.78 is 15.6. The average Bonchev–Trinajstić information content (AvgIpc) is 2.81. The lowest BCUT2D eigenvalue weighted by molar-refractivity contribution is 0.0517. The Morgan fingerprint density at radius 2 is 1.90 bits per heavy atom. The van der Waals surface area contributed by atoms with Crippen molar-refractivity contribution in [3.8, 4) is 28.7 Å². The first-order valence-electron chi connectivity index (χ1n) is 9.10. The second-order valence-corrected chi connectivity index (χ2v) is 6.10. The molecule has 0 aliphatic carbocycles. The number of nitrogens with one attached hydrogen (secondary N) is 1. The number of nitrogens with zero attached hydrogens (tertiary/aromatic N) is 3. The van der Waals surface area contributed by atoms with E-state index in [0.29, 0.717) is 35.0 Å². The minimum absolute atomic E-state index is 0.0900. The summed E-state index contributed by atoms with van der Waals surface area (Å²) in [5, 5.41) is 12.5. The number of carbonyl (C=O) groups excluding carboxylic acids is 1. The Labute approximate surface area is 174 Å². The number of carbonyl (C=O) groups is 1. The van der Waals surface area contributed by atoms with E-state index in [9.17, 15) is 10.1 Å². The molecule has 0 aliphatic rings. The van der Waals surface area contributed by atoms with E-state index in [0.717, 1.165) is 11.1 Å². The SMILES string of the molecule is COc1ccc(C(=O)OCCNc2ncc(-c3ccncc3)cc2C#N)c(OC)c1. The van der Waals surface area contributed by atoms with Crippen molar-refractivity contribution in [1.29, 1.82) is 5.26 Å². The van der Waals surface area contributed by atoms with Gasteiger partial charge in [-0.05, 0) is 35.9 Å². The molecular weight excluding hydrogens is 384 g/mol. The van der Waals surface area contributed by atoms with Crippen molar-refractivity contribution in [2.45, 2.75) is 0 Å². The van der Waals surface area contributed by atoms with Crippen LogP contribution in [0.2, 0.25) is 0 Å². The second-order valence-electron chi connectivity index (χ2n) is 6.10. The van der Waals surface area contributed by atoms with E-state index >= 15 is 0 Å². The largest absolute Gasteiger partial charge is 0.497 e. The molecule has 0 radical (unpaired) electrons. The summed E-state index contributed by atoms with van der Waals surface area (Å²) in [7, 11) is 3.00. The molecule has 0 saturated carbocycles. The molecule has 8 nitrogen and oxygen atoms in total. The molecule has 0 amide bonds. The van der Waals surface area contributed by atoms with Gasteiger partial charge in [-0.2, -0.15) is 5.26 Å². The lowest BCUT2D eigenvalue weighted by atomic mass is 10.1. The number of pyridine rings is 2. The third-order valence-corrected chi connectivity index (χ3v) is 4.28. The summed E-state index contributed by atoms with van der Waals surface area (Å²) in [6, 6.07) is 12.4. The van der Waals surface area contributed by atoms with Gasteiger partial charge >= 0.3 is 5.97 Å². The van der Waals surface area contributed by atoms with Gasteiger partial charge in [0.05, 0.1) is 26.3 Å². The van der Waals surface area contributed by atoms with Crippen LogP contribution in [0.15, 0.2) is 55.0 Å². The van der Waals surface area contributed by atoms with Gasteiger partial charge in [0.25, 0.3) is 0 Å². The van der Waals surface area contributed by atoms with Gasteiger partial charge in [-0.15, -0.1) is 0 Å². The number of esters is 1. The fourth-order valence-corrected chi connectivity index (χ4v) is 2.75. The molecule has 8 heteroatoms. The van der Waals surface area contributed by atoms with Crippen LogP contribution in [0.5, 0.6) is 11.5 Å². The molecule has 30 heavy (non-hydrogen) atoms. The van der Waals surface area contributed by atoms with Crippen LogP contribution in [-0.4, -0.2) is 43.3 Å². The normalized spacial score (nSPS) is 10.0. The Bertz CT molecular complexity index is 1060. The van der Waals surface area contributed by atoms with Crippen LogP contribution in [0, 0.1) is 11.3 Å². The van der Waals surface area contributed by atoms with E-state index in [1.54, 1.807) is 42.9 Å². The fourth-order valence-electron chi connectivity index (χ4n) is 2.75. The Kier molecular flexibility index (Phi) is 6.79. The van der Waals surface area contributed by atoms with Crippen molar-refractivity contribution >= 4 is 11.8 Å². The van der Waals surface area contributed by atoms with Crippen molar-refractivity contribution in [3.63, 3.8) is 0 Å². The van der Waals surface area contributed by atoms with Gasteiger partial charge in [-0.1, -0.05) is 0 Å². The molecule has 3 rings (SSSR count). The minimum Gasteiger partial charge on any atom is -0.497 e. The Balaban J connectivity index is 1.59. The third-order valence-electron chi connectivity index (χ3n) is 4.28. The summed E-state index contributed by atoms with van der Waals surface area (Å²) in [6.45, 7) is 0.382. The van der Waals surface area contributed by atoms with E-state index in [1.807, 2.05) is 12.1 Å². The molecule has 3 aromatic rings. The summed E-state index contributed by atoms with van der Waals surface area (Å²) in [5.74, 6) is 0.856. The zero-order valence-electron chi connectivity index (χ0n) is 16.6. The van der Waals surface area contributed by atoms with Gasteiger partial charge in [0.1, 0.15) is 35.6 Å². The number of benzene rings is 1. The first-order chi connectivity index (χ1) is 14.7. The average molecular weight is 404 g/mol. The maximum Gasteiger partial charge on any atom is 0.341 e. The highest BCUT2D eigenvalue weighted by atomic mass is 16.5. The molecule has 2 aromatic heterocycles. The molecule has 0 unspecified atom stereocenters. The number of hydrogen-bond acceptors (Lipinski definition) is 8. The smallest absolute Gasteiger partial charge is 0.341 e. The van der Waals surface area contributed by atoms with Crippen LogP contribution in [0.3, 0.4) is 0 Å². The minimum atomic E-state index is -0.516. The lowest BCUT2D eigenvalue weighted by Gasteiger charge is -2.11. The molecule has 1 aromatic carbocycles. The van der Waals surface area contributed by atoms with E-state index in [-0.39, 0.29) is 6.61 Å². The van der Waals surface area contributed by atoms with E-state index in [4.69, 9.17) is 14.2 Å². The van der Waals surface area contributed by atoms with E-state index in [2.05, 4.69) is 21.4 Å². The number of anilines is 1. The van der Waals surface area contributed by atoms with Crippen LogP contribution >= 0.6 is 0 Å². The zero-order chi connectivity index (χ0) is 21.3. The fraction of sp³-hybridized carbons (Fsp3) is 0.182. The number of aromatic nitrogens is 2. The number of ether oxygens (including phenoxy) is 3. The van der Waals surface area contributed by atoms with Gasteiger partial charge < -0.3 is 19.5 Å². The molecule has 1 N–H and O–H groups in total. The monoisotopic (exact) mass is 404 g/mol. The van der Waals surface area contributed by atoms with Crippen molar-refractivity contribution < 1.29 is 19.0 Å². The van der Waals surface area contributed by atoms with Gasteiger partial charge in [0.15, 0.2) is 0 Å². The van der Waals surface area contributed by atoms with Crippen LogP contribution in [0.1, 0.15) is 15.9 Å². The molecule has 0 spiro atoms. The van der Waals surface area contributed by atoms with Gasteiger partial charge in [-0.3, -0.25) is 4.98 Å². The first kappa shape index (κ1) is 20.6. The lowest BCUT2D eigenvalue weighted by Crippen LogP contribution is -2.15. The number of hydrogen-bond donors (Lipinski definition) is 1. The zero-order valence-corrected chi connectivity index (χ0v) is 16.6. The van der Waals surface area contributed by atoms with Crippen molar-refractivity contribution in [1.82, 2.24) is 9.97 Å². The van der Waals surface area contributed by atoms with Crippen molar-refractivity contribution in [2.75, 3.05) is 32.7 Å². The predicted octanol–water partition coefficient (Wildman–Crippen LogP) is 3.30. The highest BCUT2D eigenvalue weighted by Crippen LogP contribution is 2.25. The molecular formula is C22H20N4O4. The van der Waals surface area contributed by atoms with Gasteiger partial charge in [-0.25, -0.2) is 9.78 Å². The van der Waals surface area contributed by atoms with Crippen molar-refractivity contribution in [3.05, 3.63) is 66.1 Å². The summed E-state index contributed by atoms with van der Waals surface area (Å²) in [6.07, 6.45) is 5.03. The molecule has 152 valence electrons. The molecule has 0 aliphatic heterocycles. The highest BCUT2D eigenvalue weighted by molar-refractivity contribution is 5.92. The first-order valence-corrected chi connectivity index (χ1v) is 9.10. The molecule has 0 atom stereocenters. The van der Waals surface area contributed by atoms with Gasteiger partial charge in [0.2, 0.25) is 0 Å². The van der Waals surface area contributed by atoms with Crippen LogP contribution < -0.4 is 14.8 Å². The van der Waals surface area contributed by atoms with E-state index < -0.39 is 5.97 Å². The number of nitriles is 1. The number of rotatable bonds is 8. The maximum atomic E-state index is 12.3. The van der Waals surface area contributed by atoms with Crippen LogP contribution in [0.25, 0.3) is 11.1 Å². The highest BCUT2D eigenvalue weighted by Gasteiger charge is 2.15. The Morgan fingerprint density at radius 3 is 2.60 bits per heavy atom. The Hall–Kier alpha value is -4.12. The van der Waals surface area contributed by atoms with Crippen molar-refractivity contribution in [2.24, 2.45) is 0 Å². The Morgan fingerprint density at radius 1 is 1.10 bits per heavy atom. The topological polar surface area (TPSA) is 106 Å². The number of methoxy groups -OCH3 is 2. The summed E-state index contributed by atoms with van der Waals surface area (Å²) in [4.78, 5) is 20.6. The molecule has 2 heterocycles. The third kappa shape index (κ3) is 4.83. The molecule has 0 saturated heterocycles. The molecule has 0 bridgehead atoms. The summed E-state index contributed by atoms with van der Waals surface area (Å²) in [5.41, 5.74) is 2.43. The quantitative estimate of drug-likeness (QED) is 0.450. The second kappa shape index (κ2) is 9.89. The standard InChI is InChI=1S/C22H20N4O4/c1-28-18-3-4-19(20(12-18)29-2)22(27)30-10-9-25-21-16(13-23)11-17(14-26-21)15-5-7-24-8-6-15/h3-8,11-12,14H,9-10H2,1-2H3,(H,25,26). The summed E-state index contributed by atoms with van der Waals surface area (Å²) >= 11 is 0. The predicted molar refractivity (Wildman–Crippen MR) is 111 cm³/mol. The van der Waals surface area contributed by atoms with E-state index in [1.165, 1.54) is 14.2 Å². The maximum absolute atomic E-state index is 12.3. The van der Waals surface area contributed by atoms with Crippen LogP contribution in [0.4, 0.5) is 5.82 Å². The van der Waals surface area contributed by atoms with Gasteiger partial charge in [0, 0.05) is 30.2 Å².